The van der Waals surface area contributed by atoms with Crippen molar-refractivity contribution in [2.45, 2.75) is 84.0 Å². The molecule has 2 nitrogen and oxygen atoms in total. The van der Waals surface area contributed by atoms with Gasteiger partial charge in [-0.2, -0.15) is 0 Å². The minimum atomic E-state index is 0.258. The van der Waals surface area contributed by atoms with E-state index in [1.807, 2.05) is 12.1 Å². The zero-order valence-corrected chi connectivity index (χ0v) is 15.4. The van der Waals surface area contributed by atoms with Gasteiger partial charge < -0.3 is 0 Å². The lowest BCUT2D eigenvalue weighted by Crippen LogP contribution is -2.21. The van der Waals surface area contributed by atoms with Gasteiger partial charge in [0.05, 0.1) is 0 Å². The molecule has 0 unspecified atom stereocenters. The SMILES string of the molecule is CCCCC(=O)c1ccc(C2CCC(C(=O)CCCC)CC2)cc1. The van der Waals surface area contributed by atoms with E-state index in [0.717, 1.165) is 63.4 Å². The molecule has 1 aromatic rings. The first kappa shape index (κ1) is 18.9. The molecular weight excluding hydrogens is 296 g/mol. The first-order chi connectivity index (χ1) is 11.7. The van der Waals surface area contributed by atoms with Gasteiger partial charge in [0.2, 0.25) is 0 Å². The van der Waals surface area contributed by atoms with Gasteiger partial charge in [-0.25, -0.2) is 0 Å². The minimum absolute atomic E-state index is 0.258. The summed E-state index contributed by atoms with van der Waals surface area (Å²) in [5.74, 6) is 1.59. The molecular formula is C22H32O2. The molecule has 1 aliphatic rings. The lowest BCUT2D eigenvalue weighted by molar-refractivity contribution is -0.124. The van der Waals surface area contributed by atoms with E-state index in [4.69, 9.17) is 0 Å². The van der Waals surface area contributed by atoms with Gasteiger partial charge in [0.25, 0.3) is 0 Å². The number of hydrogen-bond acceptors (Lipinski definition) is 2. The number of rotatable bonds is 9. The molecule has 0 atom stereocenters. The van der Waals surface area contributed by atoms with Crippen molar-refractivity contribution in [3.05, 3.63) is 35.4 Å². The van der Waals surface area contributed by atoms with Crippen LogP contribution in [-0.4, -0.2) is 11.6 Å². The summed E-state index contributed by atoms with van der Waals surface area (Å²) in [5, 5.41) is 0. The van der Waals surface area contributed by atoms with Crippen LogP contribution >= 0.6 is 0 Å². The minimum Gasteiger partial charge on any atom is -0.299 e. The van der Waals surface area contributed by atoms with Crippen molar-refractivity contribution in [2.75, 3.05) is 0 Å². The average Bonchev–Trinajstić information content (AvgIpc) is 2.64. The molecule has 1 aliphatic carbocycles. The number of hydrogen-bond donors (Lipinski definition) is 0. The van der Waals surface area contributed by atoms with Gasteiger partial charge in [0, 0.05) is 24.3 Å². The van der Waals surface area contributed by atoms with E-state index < -0.39 is 0 Å². The van der Waals surface area contributed by atoms with Crippen molar-refractivity contribution in [3.63, 3.8) is 0 Å². The third-order valence-corrected chi connectivity index (χ3v) is 5.42. The lowest BCUT2D eigenvalue weighted by Gasteiger charge is -2.28. The van der Waals surface area contributed by atoms with E-state index in [0.29, 0.717) is 24.0 Å². The summed E-state index contributed by atoms with van der Waals surface area (Å²) in [6.07, 6.45) is 9.85. The van der Waals surface area contributed by atoms with Crippen molar-refractivity contribution in [1.29, 1.82) is 0 Å². The van der Waals surface area contributed by atoms with Crippen LogP contribution in [0.2, 0.25) is 0 Å². The molecule has 0 spiro atoms. The molecule has 0 heterocycles. The molecule has 0 amide bonds. The van der Waals surface area contributed by atoms with Crippen molar-refractivity contribution in [1.82, 2.24) is 0 Å². The number of Topliss-reactive ketones (excluding diaryl/α,β-unsaturated/α-hetero) is 2. The Balaban J connectivity index is 1.85. The van der Waals surface area contributed by atoms with Crippen LogP contribution in [0, 0.1) is 5.92 Å². The smallest absolute Gasteiger partial charge is 0.162 e. The summed E-state index contributed by atoms with van der Waals surface area (Å²) in [6, 6.07) is 8.24. The summed E-state index contributed by atoms with van der Waals surface area (Å²) in [6.45, 7) is 4.25. The van der Waals surface area contributed by atoms with Gasteiger partial charge in [0.15, 0.2) is 5.78 Å². The Morgan fingerprint density at radius 1 is 0.875 bits per heavy atom. The summed E-state index contributed by atoms with van der Waals surface area (Å²) in [4.78, 5) is 24.2. The van der Waals surface area contributed by atoms with E-state index >= 15 is 0 Å². The average molecular weight is 328 g/mol. The maximum atomic E-state index is 12.2. The highest BCUT2D eigenvalue weighted by Crippen LogP contribution is 2.36. The Kier molecular flexibility index (Phi) is 7.68. The molecule has 1 fully saturated rings. The fourth-order valence-electron chi connectivity index (χ4n) is 3.73. The first-order valence-electron chi connectivity index (χ1n) is 9.81. The summed E-state index contributed by atoms with van der Waals surface area (Å²) >= 11 is 0. The molecule has 24 heavy (non-hydrogen) atoms. The van der Waals surface area contributed by atoms with E-state index in [1.54, 1.807) is 0 Å². The highest BCUT2D eigenvalue weighted by atomic mass is 16.1. The Labute approximate surface area is 147 Å². The monoisotopic (exact) mass is 328 g/mol. The predicted octanol–water partition coefficient (Wildman–Crippen LogP) is 6.09. The molecule has 2 rings (SSSR count). The number of carbonyl (C=O) groups excluding carboxylic acids is 2. The zero-order valence-electron chi connectivity index (χ0n) is 15.4. The van der Waals surface area contributed by atoms with Crippen molar-refractivity contribution < 1.29 is 9.59 Å². The molecule has 0 aliphatic heterocycles. The molecule has 132 valence electrons. The maximum absolute atomic E-state index is 12.2. The molecule has 0 N–H and O–H groups in total. The van der Waals surface area contributed by atoms with Gasteiger partial charge >= 0.3 is 0 Å². The number of unbranched alkanes of at least 4 members (excludes halogenated alkanes) is 2. The molecule has 0 bridgehead atoms. The normalized spacial score (nSPS) is 20.8. The number of ketones is 2. The first-order valence-corrected chi connectivity index (χ1v) is 9.81. The quantitative estimate of drug-likeness (QED) is 0.514. The Morgan fingerprint density at radius 2 is 1.46 bits per heavy atom. The molecule has 0 saturated heterocycles. The van der Waals surface area contributed by atoms with E-state index in [-0.39, 0.29) is 5.78 Å². The lowest BCUT2D eigenvalue weighted by atomic mass is 9.76. The Morgan fingerprint density at radius 3 is 2.04 bits per heavy atom. The van der Waals surface area contributed by atoms with Crippen LogP contribution in [-0.2, 0) is 4.79 Å². The topological polar surface area (TPSA) is 34.1 Å². The molecule has 2 heteroatoms. The zero-order chi connectivity index (χ0) is 17.4. The van der Waals surface area contributed by atoms with Crippen LogP contribution in [0.15, 0.2) is 24.3 Å². The van der Waals surface area contributed by atoms with Crippen molar-refractivity contribution >= 4 is 11.6 Å². The Bertz CT molecular complexity index is 521. The second-order valence-electron chi connectivity index (χ2n) is 7.27. The van der Waals surface area contributed by atoms with Crippen LogP contribution in [0.5, 0.6) is 0 Å². The summed E-state index contributed by atoms with van der Waals surface area (Å²) in [5.41, 5.74) is 2.18. The van der Waals surface area contributed by atoms with Gasteiger partial charge in [-0.15, -0.1) is 0 Å². The summed E-state index contributed by atoms with van der Waals surface area (Å²) < 4.78 is 0. The largest absolute Gasteiger partial charge is 0.299 e. The Hall–Kier alpha value is -1.44. The van der Waals surface area contributed by atoms with Crippen molar-refractivity contribution in [3.8, 4) is 0 Å². The second-order valence-corrected chi connectivity index (χ2v) is 7.27. The number of benzene rings is 1. The standard InChI is InChI=1S/C22H32O2/c1-3-5-7-21(23)19-13-9-17(10-14-19)18-11-15-20(16-12-18)22(24)8-6-4-2/h9-10,13-14,18,20H,3-8,11-12,15-16H2,1-2H3. The van der Waals surface area contributed by atoms with Crippen LogP contribution in [0.25, 0.3) is 0 Å². The molecule has 1 aromatic carbocycles. The van der Waals surface area contributed by atoms with Gasteiger partial charge in [-0.3, -0.25) is 9.59 Å². The second kappa shape index (κ2) is 9.76. The van der Waals surface area contributed by atoms with Gasteiger partial charge in [0.1, 0.15) is 5.78 Å². The van der Waals surface area contributed by atoms with Crippen LogP contribution in [0.4, 0.5) is 0 Å². The van der Waals surface area contributed by atoms with E-state index in [2.05, 4.69) is 26.0 Å². The third-order valence-electron chi connectivity index (χ3n) is 5.42. The third kappa shape index (κ3) is 5.29. The van der Waals surface area contributed by atoms with Crippen LogP contribution in [0.3, 0.4) is 0 Å². The molecule has 1 saturated carbocycles. The highest BCUT2D eigenvalue weighted by Gasteiger charge is 2.26. The number of carbonyl (C=O) groups is 2. The highest BCUT2D eigenvalue weighted by molar-refractivity contribution is 5.96. The van der Waals surface area contributed by atoms with E-state index in [9.17, 15) is 9.59 Å². The molecule has 0 aromatic heterocycles. The van der Waals surface area contributed by atoms with Crippen molar-refractivity contribution in [2.24, 2.45) is 5.92 Å². The van der Waals surface area contributed by atoms with E-state index in [1.165, 1.54) is 5.56 Å². The maximum Gasteiger partial charge on any atom is 0.162 e. The van der Waals surface area contributed by atoms with Crippen LogP contribution in [0.1, 0.15) is 99.9 Å². The predicted molar refractivity (Wildman–Crippen MR) is 99.5 cm³/mol. The van der Waals surface area contributed by atoms with Gasteiger partial charge in [-0.05, 0) is 50.0 Å². The fourth-order valence-corrected chi connectivity index (χ4v) is 3.73. The fraction of sp³-hybridized carbons (Fsp3) is 0.636. The summed E-state index contributed by atoms with van der Waals surface area (Å²) in [7, 11) is 0. The molecule has 0 radical (unpaired) electrons. The van der Waals surface area contributed by atoms with Gasteiger partial charge in [-0.1, -0.05) is 51.0 Å². The van der Waals surface area contributed by atoms with Crippen LogP contribution < -0.4 is 0 Å².